The third-order valence-corrected chi connectivity index (χ3v) is 7.36. The molecule has 1 saturated heterocycles. The Kier molecular flexibility index (Phi) is 5.88. The lowest BCUT2D eigenvalue weighted by molar-refractivity contribution is -0.119. The van der Waals surface area contributed by atoms with Crippen molar-refractivity contribution >= 4 is 37.5 Å². The van der Waals surface area contributed by atoms with Crippen LogP contribution in [-0.2, 0) is 14.8 Å². The van der Waals surface area contributed by atoms with Gasteiger partial charge in [0.25, 0.3) is 0 Å². The zero-order valence-electron chi connectivity index (χ0n) is 15.1. The number of amides is 1. The van der Waals surface area contributed by atoms with Gasteiger partial charge in [0.1, 0.15) is 11.8 Å². The van der Waals surface area contributed by atoms with E-state index < -0.39 is 16.1 Å². The fourth-order valence-corrected chi connectivity index (χ4v) is 5.46. The highest BCUT2D eigenvalue weighted by Crippen LogP contribution is 2.31. The van der Waals surface area contributed by atoms with Gasteiger partial charge in [-0.05, 0) is 59.5 Å². The second-order valence-corrected chi connectivity index (χ2v) is 9.09. The number of hydrogen-bond donors (Lipinski definition) is 1. The largest absolute Gasteiger partial charge is 0.497 e. The number of halogens is 1. The first-order valence-electron chi connectivity index (χ1n) is 8.56. The Labute approximate surface area is 167 Å². The molecule has 0 radical (unpaired) electrons. The van der Waals surface area contributed by atoms with E-state index in [1.165, 1.54) is 17.5 Å². The summed E-state index contributed by atoms with van der Waals surface area (Å²) in [6.07, 6.45) is 1.12. The number of anilines is 1. The molecule has 0 spiro atoms. The lowest BCUT2D eigenvalue weighted by Crippen LogP contribution is -2.43. The average molecular weight is 453 g/mol. The first kappa shape index (κ1) is 19.9. The van der Waals surface area contributed by atoms with Crippen LogP contribution in [0.1, 0.15) is 18.4 Å². The van der Waals surface area contributed by atoms with Crippen molar-refractivity contribution in [3.63, 3.8) is 0 Å². The number of carbonyl (C=O) groups excluding carboxylic acids is 1. The van der Waals surface area contributed by atoms with Crippen LogP contribution >= 0.6 is 15.9 Å². The molecule has 0 aliphatic carbocycles. The summed E-state index contributed by atoms with van der Waals surface area (Å²) in [7, 11) is -2.33. The van der Waals surface area contributed by atoms with E-state index in [1.54, 1.807) is 25.1 Å². The van der Waals surface area contributed by atoms with Crippen LogP contribution in [0.15, 0.2) is 51.8 Å². The summed E-state index contributed by atoms with van der Waals surface area (Å²) in [6, 6.07) is 11.4. The smallest absolute Gasteiger partial charge is 0.244 e. The van der Waals surface area contributed by atoms with Crippen LogP contribution in [0, 0.1) is 6.92 Å². The number of methoxy groups -OCH3 is 1. The lowest BCUT2D eigenvalue weighted by Gasteiger charge is -2.24. The molecular formula is C19H21BrN2O4S. The van der Waals surface area contributed by atoms with Gasteiger partial charge >= 0.3 is 0 Å². The minimum Gasteiger partial charge on any atom is -0.497 e. The number of ether oxygens (including phenoxy) is 1. The molecule has 1 heterocycles. The Hall–Kier alpha value is -1.90. The molecule has 0 unspecified atom stereocenters. The summed E-state index contributed by atoms with van der Waals surface area (Å²) >= 11 is 3.39. The van der Waals surface area contributed by atoms with Crippen molar-refractivity contribution in [2.75, 3.05) is 19.0 Å². The molecule has 1 amide bonds. The lowest BCUT2D eigenvalue weighted by atomic mass is 10.2. The number of carbonyl (C=O) groups is 1. The number of para-hydroxylation sites is 1. The maximum absolute atomic E-state index is 13.2. The minimum absolute atomic E-state index is 0.169. The Bertz CT molecular complexity index is 962. The summed E-state index contributed by atoms with van der Waals surface area (Å²) in [5, 5.41) is 2.83. The Morgan fingerprint density at radius 3 is 2.70 bits per heavy atom. The first-order valence-corrected chi connectivity index (χ1v) is 10.8. The van der Waals surface area contributed by atoms with E-state index in [0.29, 0.717) is 36.4 Å². The fourth-order valence-electron chi connectivity index (χ4n) is 3.18. The molecule has 0 bridgehead atoms. The molecule has 1 aliphatic heterocycles. The molecule has 1 aliphatic rings. The van der Waals surface area contributed by atoms with Gasteiger partial charge in [-0.2, -0.15) is 4.31 Å². The van der Waals surface area contributed by atoms with Gasteiger partial charge < -0.3 is 10.1 Å². The number of nitrogens with zero attached hydrogens (tertiary/aromatic N) is 1. The van der Waals surface area contributed by atoms with E-state index in [0.717, 1.165) is 4.47 Å². The van der Waals surface area contributed by atoms with Crippen molar-refractivity contribution in [1.29, 1.82) is 0 Å². The summed E-state index contributed by atoms with van der Waals surface area (Å²) in [5.74, 6) is 0.135. The molecule has 1 atom stereocenters. The number of sulfonamides is 1. The summed E-state index contributed by atoms with van der Waals surface area (Å²) in [5.41, 5.74) is 1.23. The quantitative estimate of drug-likeness (QED) is 0.752. The maximum Gasteiger partial charge on any atom is 0.244 e. The van der Waals surface area contributed by atoms with Crippen LogP contribution in [0.3, 0.4) is 0 Å². The highest BCUT2D eigenvalue weighted by Gasteiger charge is 2.40. The van der Waals surface area contributed by atoms with Crippen molar-refractivity contribution in [2.24, 2.45) is 0 Å². The Balaban J connectivity index is 1.89. The normalized spacial score (nSPS) is 17.7. The van der Waals surface area contributed by atoms with E-state index in [1.807, 2.05) is 18.2 Å². The van der Waals surface area contributed by atoms with Crippen LogP contribution in [0.2, 0.25) is 0 Å². The highest BCUT2D eigenvalue weighted by atomic mass is 79.9. The van der Waals surface area contributed by atoms with Gasteiger partial charge in [-0.3, -0.25) is 4.79 Å². The molecule has 8 heteroatoms. The predicted octanol–water partition coefficient (Wildman–Crippen LogP) is 3.56. The second kappa shape index (κ2) is 8.00. The van der Waals surface area contributed by atoms with Crippen molar-refractivity contribution in [2.45, 2.75) is 30.7 Å². The minimum atomic E-state index is -3.82. The Morgan fingerprint density at radius 2 is 2.00 bits per heavy atom. The van der Waals surface area contributed by atoms with Crippen LogP contribution < -0.4 is 10.1 Å². The van der Waals surface area contributed by atoms with Gasteiger partial charge in [0.2, 0.25) is 15.9 Å². The number of aryl methyl sites for hydroxylation is 1. The zero-order valence-corrected chi connectivity index (χ0v) is 17.5. The van der Waals surface area contributed by atoms with Crippen LogP contribution in [0.5, 0.6) is 5.75 Å². The van der Waals surface area contributed by atoms with Crippen molar-refractivity contribution < 1.29 is 17.9 Å². The number of benzene rings is 2. The van der Waals surface area contributed by atoms with Crippen molar-refractivity contribution in [3.05, 3.63) is 52.5 Å². The fraction of sp³-hybridized carbons (Fsp3) is 0.316. The maximum atomic E-state index is 13.2. The van der Waals surface area contributed by atoms with Gasteiger partial charge in [0, 0.05) is 17.1 Å². The molecule has 2 aromatic carbocycles. The van der Waals surface area contributed by atoms with Gasteiger partial charge in [-0.25, -0.2) is 8.42 Å². The molecule has 1 N–H and O–H groups in total. The van der Waals surface area contributed by atoms with E-state index in [4.69, 9.17) is 4.74 Å². The molecule has 2 aromatic rings. The SMILES string of the molecule is COc1ccc(C)c(S(=O)(=O)N2CCC[C@@H]2C(=O)Nc2ccccc2Br)c1. The molecule has 27 heavy (non-hydrogen) atoms. The number of nitrogens with one attached hydrogen (secondary N) is 1. The van der Waals surface area contributed by atoms with Crippen LogP contribution in [0.4, 0.5) is 5.69 Å². The van der Waals surface area contributed by atoms with Gasteiger partial charge in [0.15, 0.2) is 0 Å². The topological polar surface area (TPSA) is 75.7 Å². The molecule has 0 saturated carbocycles. The molecule has 3 rings (SSSR count). The first-order chi connectivity index (χ1) is 12.8. The predicted molar refractivity (Wildman–Crippen MR) is 107 cm³/mol. The van der Waals surface area contributed by atoms with Gasteiger partial charge in [-0.1, -0.05) is 18.2 Å². The zero-order chi connectivity index (χ0) is 19.6. The molecule has 144 valence electrons. The highest BCUT2D eigenvalue weighted by molar-refractivity contribution is 9.10. The number of hydrogen-bond acceptors (Lipinski definition) is 4. The van der Waals surface area contributed by atoms with E-state index >= 15 is 0 Å². The third kappa shape index (κ3) is 4.02. The Morgan fingerprint density at radius 1 is 1.26 bits per heavy atom. The molecule has 1 fully saturated rings. The number of rotatable bonds is 5. The summed E-state index contributed by atoms with van der Waals surface area (Å²) in [4.78, 5) is 13.0. The van der Waals surface area contributed by atoms with Crippen molar-refractivity contribution in [1.82, 2.24) is 4.31 Å². The van der Waals surface area contributed by atoms with Gasteiger partial charge in [0.05, 0.1) is 17.7 Å². The molecule has 6 nitrogen and oxygen atoms in total. The summed E-state index contributed by atoms with van der Waals surface area (Å²) < 4.78 is 33.7. The second-order valence-electron chi connectivity index (χ2n) is 6.37. The molecule has 0 aromatic heterocycles. The van der Waals surface area contributed by atoms with Gasteiger partial charge in [-0.15, -0.1) is 0 Å². The van der Waals surface area contributed by atoms with Crippen LogP contribution in [0.25, 0.3) is 0 Å². The van der Waals surface area contributed by atoms with E-state index in [-0.39, 0.29) is 10.8 Å². The van der Waals surface area contributed by atoms with E-state index in [2.05, 4.69) is 21.2 Å². The standard InChI is InChI=1S/C19H21BrN2O4S/c1-13-9-10-14(26-2)12-18(13)27(24,25)22-11-5-8-17(22)19(23)21-16-7-4-3-6-15(16)20/h3-4,6-7,9-10,12,17H,5,8,11H2,1-2H3,(H,21,23)/t17-/m1/s1. The molecular weight excluding hydrogens is 432 g/mol. The third-order valence-electron chi connectivity index (χ3n) is 4.62. The monoisotopic (exact) mass is 452 g/mol. The van der Waals surface area contributed by atoms with E-state index in [9.17, 15) is 13.2 Å². The van der Waals surface area contributed by atoms with Crippen molar-refractivity contribution in [3.8, 4) is 5.75 Å². The van der Waals surface area contributed by atoms with Crippen LogP contribution in [-0.4, -0.2) is 38.3 Å². The summed E-state index contributed by atoms with van der Waals surface area (Å²) in [6.45, 7) is 2.05. The average Bonchev–Trinajstić information content (AvgIpc) is 3.15.